The number of likely N-dealkylation sites (N-methyl/N-ethyl adjacent to an activating group) is 3. The van der Waals surface area contributed by atoms with E-state index in [0.29, 0.717) is 28.2 Å². The van der Waals surface area contributed by atoms with Crippen LogP contribution in [0, 0.1) is 0 Å². The minimum atomic E-state index is -1.32. The minimum absolute atomic E-state index is 0.0116. The van der Waals surface area contributed by atoms with Gasteiger partial charge in [0.05, 0.1) is 42.3 Å². The number of ether oxygens (including phenoxy) is 3. The number of carboxylic acids is 2. The molecule has 6 rings (SSSR count). The number of nitrogens with zero attached hydrogens (tertiary/aromatic N) is 6. The Labute approximate surface area is 444 Å². The number of carbonyl (C=O) groups excluding carboxylic acids is 3. The summed E-state index contributed by atoms with van der Waals surface area (Å²) in [4.78, 5) is 82.7. The summed E-state index contributed by atoms with van der Waals surface area (Å²) in [5, 5.41) is 26.6. The van der Waals surface area contributed by atoms with Gasteiger partial charge in [-0.25, -0.2) is 29.1 Å². The standard InChI is InChI=1S/C58H68N8O10/c1-36(2)39-16-12-13-19-45(39)74-32-29-65(10)55(72)62-43-18-14-17-40(48(43)53(68)69)37-20-22-41(57(3,4)5)46(34-37)76-33-30-66(11)56(73)63-44-24-27-59-50(49(44)54(70)71)38-21-23-42(58(6,7)8)47(35-38)75-31-28-64(9)52(67)51-60-25-15-26-61-51/h12-27,34-36H,28-33H2,1-11H3,(H,62,72)(H,68,69)(H,70,71)(H,59,63,73). The predicted molar refractivity (Wildman–Crippen MR) is 292 cm³/mol. The van der Waals surface area contributed by atoms with Crippen molar-refractivity contribution in [3.8, 4) is 39.6 Å². The van der Waals surface area contributed by atoms with Gasteiger partial charge < -0.3 is 49.8 Å². The fourth-order valence-corrected chi connectivity index (χ4v) is 8.24. The Morgan fingerprint density at radius 2 is 1.05 bits per heavy atom. The maximum absolute atomic E-state index is 13.8. The van der Waals surface area contributed by atoms with Crippen LogP contribution in [0.4, 0.5) is 21.0 Å². The van der Waals surface area contributed by atoms with Crippen molar-refractivity contribution in [2.45, 2.75) is 72.1 Å². The van der Waals surface area contributed by atoms with Crippen LogP contribution in [0.15, 0.2) is 110 Å². The van der Waals surface area contributed by atoms with Gasteiger partial charge in [0.25, 0.3) is 5.91 Å². The molecule has 0 bridgehead atoms. The van der Waals surface area contributed by atoms with E-state index in [2.05, 4.69) is 39.4 Å². The molecule has 0 unspecified atom stereocenters. The number of amides is 5. The Bertz CT molecular complexity index is 3060. The van der Waals surface area contributed by atoms with E-state index in [4.69, 9.17) is 14.2 Å². The average Bonchev–Trinajstić information content (AvgIpc) is 3.37. The molecule has 4 aromatic carbocycles. The maximum atomic E-state index is 13.8. The smallest absolute Gasteiger partial charge is 0.340 e. The van der Waals surface area contributed by atoms with Crippen LogP contribution in [0.5, 0.6) is 17.2 Å². The van der Waals surface area contributed by atoms with Crippen molar-refractivity contribution in [1.29, 1.82) is 0 Å². The van der Waals surface area contributed by atoms with Gasteiger partial charge in [-0.05, 0) is 81.0 Å². The topological polar surface area (TPSA) is 226 Å². The molecule has 2 heterocycles. The fourth-order valence-electron chi connectivity index (χ4n) is 8.24. The van der Waals surface area contributed by atoms with Crippen LogP contribution >= 0.6 is 0 Å². The van der Waals surface area contributed by atoms with Crippen molar-refractivity contribution in [3.63, 3.8) is 0 Å². The number of aromatic carboxylic acids is 2. The van der Waals surface area contributed by atoms with E-state index in [-0.39, 0.29) is 90.7 Å². The lowest BCUT2D eigenvalue weighted by atomic mass is 9.85. The summed E-state index contributed by atoms with van der Waals surface area (Å²) in [5.41, 5.74) is 3.12. The van der Waals surface area contributed by atoms with Crippen LogP contribution in [0.2, 0.25) is 0 Å². The summed E-state index contributed by atoms with van der Waals surface area (Å²) < 4.78 is 18.6. The molecule has 6 aromatic rings. The van der Waals surface area contributed by atoms with E-state index in [0.717, 1.165) is 22.4 Å². The first kappa shape index (κ1) is 56.8. The van der Waals surface area contributed by atoms with Gasteiger partial charge >= 0.3 is 24.0 Å². The number of hydrogen-bond donors (Lipinski definition) is 4. The molecule has 2 aromatic heterocycles. The van der Waals surface area contributed by atoms with E-state index < -0.39 is 29.4 Å². The number of benzene rings is 4. The molecule has 0 fully saturated rings. The summed E-state index contributed by atoms with van der Waals surface area (Å²) in [7, 11) is 4.77. The number of aromatic nitrogens is 3. The van der Waals surface area contributed by atoms with Crippen LogP contribution in [-0.4, -0.2) is 130 Å². The van der Waals surface area contributed by atoms with Crippen LogP contribution in [0.1, 0.15) is 109 Å². The third-order valence-corrected chi connectivity index (χ3v) is 12.5. The number of hydrogen-bond acceptors (Lipinski definition) is 11. The number of nitrogens with one attached hydrogen (secondary N) is 2. The Hall–Kier alpha value is -8.54. The lowest BCUT2D eigenvalue weighted by Crippen LogP contribution is -2.35. The molecule has 18 heteroatoms. The highest BCUT2D eigenvalue weighted by atomic mass is 16.5. The molecule has 5 amide bonds. The van der Waals surface area contributed by atoms with Gasteiger partial charge in [0.15, 0.2) is 0 Å². The highest BCUT2D eigenvalue weighted by molar-refractivity contribution is 6.06. The zero-order valence-corrected chi connectivity index (χ0v) is 45.1. The molecule has 0 aliphatic heterocycles. The third-order valence-electron chi connectivity index (χ3n) is 12.5. The van der Waals surface area contributed by atoms with Crippen molar-refractivity contribution in [2.75, 3.05) is 71.2 Å². The van der Waals surface area contributed by atoms with Crippen molar-refractivity contribution < 1.29 is 48.4 Å². The third kappa shape index (κ3) is 14.2. The average molecular weight is 1040 g/mol. The van der Waals surface area contributed by atoms with Gasteiger partial charge in [0, 0.05) is 45.3 Å². The van der Waals surface area contributed by atoms with E-state index in [1.807, 2.05) is 77.9 Å². The van der Waals surface area contributed by atoms with E-state index in [1.54, 1.807) is 63.6 Å². The van der Waals surface area contributed by atoms with Crippen LogP contribution in [0.3, 0.4) is 0 Å². The first-order valence-corrected chi connectivity index (χ1v) is 24.9. The normalized spacial score (nSPS) is 11.4. The van der Waals surface area contributed by atoms with Gasteiger partial charge in [0.2, 0.25) is 5.82 Å². The second-order valence-corrected chi connectivity index (χ2v) is 20.6. The SMILES string of the molecule is CC(C)c1ccccc1OCCN(C)C(=O)Nc1cccc(-c2ccc(C(C)(C)C)c(OCCN(C)C(=O)Nc3ccnc(-c4ccc(C(C)(C)C)c(OCCN(C)C(=O)c5ncccn5)c4)c3C(=O)O)c2)c1C(=O)O. The van der Waals surface area contributed by atoms with Crippen molar-refractivity contribution in [1.82, 2.24) is 29.7 Å². The van der Waals surface area contributed by atoms with Gasteiger partial charge in [-0.1, -0.05) is 110 Å². The number of carbonyl (C=O) groups is 5. The minimum Gasteiger partial charge on any atom is -0.491 e. The highest BCUT2D eigenvalue weighted by Gasteiger charge is 2.27. The molecule has 76 heavy (non-hydrogen) atoms. The van der Waals surface area contributed by atoms with Gasteiger partial charge in [-0.3, -0.25) is 9.78 Å². The Kier molecular flexibility index (Phi) is 18.4. The van der Waals surface area contributed by atoms with Gasteiger partial charge in [-0.15, -0.1) is 0 Å². The van der Waals surface area contributed by atoms with Crippen LogP contribution in [0.25, 0.3) is 22.4 Å². The summed E-state index contributed by atoms with van der Waals surface area (Å²) in [5.74, 6) is -0.942. The first-order valence-electron chi connectivity index (χ1n) is 24.9. The Morgan fingerprint density at radius 1 is 0.553 bits per heavy atom. The Balaban J connectivity index is 1.15. The number of anilines is 2. The van der Waals surface area contributed by atoms with Crippen molar-refractivity contribution in [3.05, 3.63) is 143 Å². The van der Waals surface area contributed by atoms with E-state index >= 15 is 0 Å². The summed E-state index contributed by atoms with van der Waals surface area (Å²) in [6.07, 6.45) is 4.40. The van der Waals surface area contributed by atoms with Gasteiger partial charge in [0.1, 0.15) is 42.6 Å². The van der Waals surface area contributed by atoms with Gasteiger partial charge in [-0.2, -0.15) is 0 Å². The van der Waals surface area contributed by atoms with E-state index in [9.17, 15) is 34.2 Å². The summed E-state index contributed by atoms with van der Waals surface area (Å²) >= 11 is 0. The molecule has 400 valence electrons. The molecule has 0 aliphatic carbocycles. The van der Waals surface area contributed by atoms with Crippen molar-refractivity contribution >= 4 is 41.3 Å². The maximum Gasteiger partial charge on any atom is 0.340 e. The molecule has 0 atom stereocenters. The largest absolute Gasteiger partial charge is 0.491 e. The number of para-hydroxylation sites is 1. The molecule has 0 spiro atoms. The van der Waals surface area contributed by atoms with Crippen LogP contribution in [-0.2, 0) is 10.8 Å². The number of urea groups is 2. The number of rotatable bonds is 20. The summed E-state index contributed by atoms with van der Waals surface area (Å²) in [6.45, 7) is 17.1. The molecular weight excluding hydrogens is 969 g/mol. The monoisotopic (exact) mass is 1040 g/mol. The zero-order chi connectivity index (χ0) is 55.5. The molecular formula is C58H68N8O10. The number of pyridine rings is 1. The highest BCUT2D eigenvalue weighted by Crippen LogP contribution is 2.39. The Morgan fingerprint density at radius 3 is 1.59 bits per heavy atom. The summed E-state index contributed by atoms with van der Waals surface area (Å²) in [6, 6.07) is 25.3. The van der Waals surface area contributed by atoms with E-state index in [1.165, 1.54) is 45.4 Å². The van der Waals surface area contributed by atoms with Crippen LogP contribution < -0.4 is 24.8 Å². The fraction of sp³-hybridized carbons (Fsp3) is 0.345. The number of carboxylic acid groups (broad SMARTS) is 2. The quantitative estimate of drug-likeness (QED) is 0.0559. The molecule has 0 saturated carbocycles. The molecule has 18 nitrogen and oxygen atoms in total. The molecule has 0 radical (unpaired) electrons. The zero-order valence-electron chi connectivity index (χ0n) is 45.1. The predicted octanol–water partition coefficient (Wildman–Crippen LogP) is 10.6. The molecule has 0 saturated heterocycles. The lowest BCUT2D eigenvalue weighted by Gasteiger charge is -2.25. The first-order chi connectivity index (χ1) is 36.0. The second kappa shape index (κ2) is 24.7. The second-order valence-electron chi connectivity index (χ2n) is 20.6. The molecule has 0 aliphatic rings. The molecule has 4 N–H and O–H groups in total. The van der Waals surface area contributed by atoms with Crippen molar-refractivity contribution in [2.24, 2.45) is 0 Å². The lowest BCUT2D eigenvalue weighted by molar-refractivity contribution is 0.0687.